The van der Waals surface area contributed by atoms with Gasteiger partial charge in [-0.25, -0.2) is 9.67 Å². The smallest absolute Gasteiger partial charge is 0.274 e. The van der Waals surface area contributed by atoms with Crippen LogP contribution in [0, 0.1) is 20.8 Å². The number of nitrogens with one attached hydrogen (secondary N) is 1. The van der Waals surface area contributed by atoms with E-state index in [-0.39, 0.29) is 5.91 Å². The lowest BCUT2D eigenvalue weighted by Gasteiger charge is -2.08. The van der Waals surface area contributed by atoms with E-state index in [1.165, 1.54) is 11.1 Å². The van der Waals surface area contributed by atoms with Crippen molar-refractivity contribution in [2.75, 3.05) is 0 Å². The first-order valence-electron chi connectivity index (χ1n) is 11.1. The Labute approximate surface area is 193 Å². The molecule has 0 aliphatic heterocycles. The molecule has 0 spiro atoms. The maximum atomic E-state index is 12.7. The highest BCUT2D eigenvalue weighted by Gasteiger charge is 2.19. The summed E-state index contributed by atoms with van der Waals surface area (Å²) >= 11 is 0. The summed E-state index contributed by atoms with van der Waals surface area (Å²) in [5, 5.41) is 11.2. The van der Waals surface area contributed by atoms with Crippen molar-refractivity contribution in [3.05, 3.63) is 88.1 Å². The number of amides is 1. The number of hydrogen-bond acceptors (Lipinski definition) is 5. The lowest BCUT2D eigenvalue weighted by atomic mass is 10.0. The molecule has 1 N–H and O–H groups in total. The van der Waals surface area contributed by atoms with Crippen LogP contribution in [-0.4, -0.2) is 25.9 Å². The van der Waals surface area contributed by atoms with E-state index in [1.54, 1.807) is 4.68 Å². The first-order valence-corrected chi connectivity index (χ1v) is 11.1. The zero-order valence-corrected chi connectivity index (χ0v) is 19.7. The molecule has 0 bridgehead atoms. The number of nitrogens with zero attached hydrogens (tertiary/aromatic N) is 4. The summed E-state index contributed by atoms with van der Waals surface area (Å²) in [5.41, 5.74) is 6.18. The van der Waals surface area contributed by atoms with Gasteiger partial charge in [0.1, 0.15) is 11.5 Å². The van der Waals surface area contributed by atoms with Gasteiger partial charge < -0.3 is 9.73 Å². The number of carbonyl (C=O) groups excluding carboxylic acids is 1. The fourth-order valence-corrected chi connectivity index (χ4v) is 3.54. The third-order valence-electron chi connectivity index (χ3n) is 5.79. The molecule has 2 aromatic carbocycles. The predicted molar refractivity (Wildman–Crippen MR) is 127 cm³/mol. The second kappa shape index (κ2) is 9.40. The molecule has 7 nitrogen and oxygen atoms in total. The SMILES string of the molecule is Cc1ccc(-c2nc(Cn3nnc(C(=O)NCc4ccc(C(C)C)cc4)c3C)c(C)o2)cc1. The van der Waals surface area contributed by atoms with Crippen LogP contribution < -0.4 is 5.32 Å². The van der Waals surface area contributed by atoms with Crippen LogP contribution in [0.4, 0.5) is 0 Å². The van der Waals surface area contributed by atoms with Crippen LogP contribution in [0.15, 0.2) is 52.9 Å². The van der Waals surface area contributed by atoms with E-state index >= 15 is 0 Å². The Kier molecular flexibility index (Phi) is 6.40. The van der Waals surface area contributed by atoms with Crippen molar-refractivity contribution < 1.29 is 9.21 Å². The number of carbonyl (C=O) groups is 1. The number of benzene rings is 2. The molecule has 0 saturated carbocycles. The van der Waals surface area contributed by atoms with Gasteiger partial charge in [-0.15, -0.1) is 5.10 Å². The average Bonchev–Trinajstić information content (AvgIpc) is 3.35. The highest BCUT2D eigenvalue weighted by atomic mass is 16.4. The topological polar surface area (TPSA) is 85.8 Å². The van der Waals surface area contributed by atoms with Crippen molar-refractivity contribution in [3.8, 4) is 11.5 Å². The van der Waals surface area contributed by atoms with Gasteiger partial charge in [-0.1, -0.05) is 61.0 Å². The fraction of sp³-hybridized carbons (Fsp3) is 0.308. The molecule has 170 valence electrons. The Hall–Kier alpha value is -3.74. The maximum absolute atomic E-state index is 12.7. The number of oxazole rings is 1. The predicted octanol–water partition coefficient (Wildman–Crippen LogP) is 4.96. The molecule has 0 radical (unpaired) electrons. The molecule has 4 rings (SSSR count). The van der Waals surface area contributed by atoms with E-state index in [2.05, 4.69) is 46.6 Å². The zero-order chi connectivity index (χ0) is 23.5. The monoisotopic (exact) mass is 443 g/mol. The highest BCUT2D eigenvalue weighted by Crippen LogP contribution is 2.23. The number of hydrogen-bond donors (Lipinski definition) is 1. The van der Waals surface area contributed by atoms with Crippen molar-refractivity contribution >= 4 is 5.91 Å². The third-order valence-corrected chi connectivity index (χ3v) is 5.79. The Morgan fingerprint density at radius 1 is 1.03 bits per heavy atom. The van der Waals surface area contributed by atoms with Crippen molar-refractivity contribution in [3.63, 3.8) is 0 Å². The summed E-state index contributed by atoms with van der Waals surface area (Å²) in [7, 11) is 0. The van der Waals surface area contributed by atoms with E-state index in [0.717, 1.165) is 22.6 Å². The van der Waals surface area contributed by atoms with Crippen LogP contribution in [-0.2, 0) is 13.1 Å². The summed E-state index contributed by atoms with van der Waals surface area (Å²) in [5.74, 6) is 1.52. The van der Waals surface area contributed by atoms with Crippen LogP contribution in [0.5, 0.6) is 0 Å². The van der Waals surface area contributed by atoms with Gasteiger partial charge in [0.15, 0.2) is 5.69 Å². The van der Waals surface area contributed by atoms with Crippen LogP contribution in [0.3, 0.4) is 0 Å². The Morgan fingerprint density at radius 3 is 2.39 bits per heavy atom. The quantitative estimate of drug-likeness (QED) is 0.436. The minimum atomic E-state index is -0.246. The molecule has 33 heavy (non-hydrogen) atoms. The van der Waals surface area contributed by atoms with Gasteiger partial charge in [0.25, 0.3) is 5.91 Å². The van der Waals surface area contributed by atoms with Crippen LogP contribution in [0.25, 0.3) is 11.5 Å². The summed E-state index contributed by atoms with van der Waals surface area (Å²) in [6, 6.07) is 16.3. The standard InChI is InChI=1S/C26H29N5O2/c1-16(2)21-12-8-20(9-13-21)14-27-25(32)24-18(4)31(30-29-24)15-23-19(5)33-26(28-23)22-10-6-17(3)7-11-22/h6-13,16H,14-15H2,1-5H3,(H,27,32). The van der Waals surface area contributed by atoms with E-state index in [9.17, 15) is 4.79 Å². The first-order chi connectivity index (χ1) is 15.8. The Morgan fingerprint density at radius 2 is 1.73 bits per heavy atom. The summed E-state index contributed by atoms with van der Waals surface area (Å²) in [4.78, 5) is 17.3. The van der Waals surface area contributed by atoms with Gasteiger partial charge >= 0.3 is 0 Å². The molecule has 0 saturated heterocycles. The normalized spacial score (nSPS) is 11.2. The zero-order valence-electron chi connectivity index (χ0n) is 19.7. The van der Waals surface area contributed by atoms with Crippen LogP contribution in [0.2, 0.25) is 0 Å². The minimum absolute atomic E-state index is 0.246. The molecule has 1 amide bonds. The van der Waals surface area contributed by atoms with Gasteiger partial charge in [0, 0.05) is 12.1 Å². The molecule has 0 unspecified atom stereocenters. The molecule has 0 aliphatic rings. The lowest BCUT2D eigenvalue weighted by molar-refractivity contribution is 0.0945. The number of aryl methyl sites for hydroxylation is 2. The third kappa shape index (κ3) is 5.03. The van der Waals surface area contributed by atoms with Gasteiger partial charge in [0.2, 0.25) is 5.89 Å². The summed E-state index contributed by atoms with van der Waals surface area (Å²) in [6.07, 6.45) is 0. The molecule has 2 aromatic heterocycles. The Bertz CT molecular complexity index is 1250. The molecular weight excluding hydrogens is 414 g/mol. The van der Waals surface area contributed by atoms with Crippen molar-refractivity contribution in [1.82, 2.24) is 25.3 Å². The molecule has 7 heteroatoms. The fourth-order valence-electron chi connectivity index (χ4n) is 3.54. The first kappa shape index (κ1) is 22.5. The van der Waals surface area contributed by atoms with Gasteiger partial charge in [-0.3, -0.25) is 4.79 Å². The molecule has 0 atom stereocenters. The van der Waals surface area contributed by atoms with Gasteiger partial charge in [-0.2, -0.15) is 0 Å². The summed E-state index contributed by atoms with van der Waals surface area (Å²) in [6.45, 7) is 10.9. The highest BCUT2D eigenvalue weighted by molar-refractivity contribution is 5.93. The minimum Gasteiger partial charge on any atom is -0.441 e. The van der Waals surface area contributed by atoms with Gasteiger partial charge in [-0.05, 0) is 49.9 Å². The van der Waals surface area contributed by atoms with E-state index in [0.29, 0.717) is 36.3 Å². The second-order valence-electron chi connectivity index (χ2n) is 8.65. The maximum Gasteiger partial charge on any atom is 0.274 e. The second-order valence-corrected chi connectivity index (χ2v) is 8.65. The molecule has 0 fully saturated rings. The molecule has 0 aliphatic carbocycles. The number of aromatic nitrogens is 4. The summed E-state index contributed by atoms with van der Waals surface area (Å²) < 4.78 is 7.54. The molecule has 2 heterocycles. The Balaban J connectivity index is 1.43. The van der Waals surface area contributed by atoms with Crippen molar-refractivity contribution in [2.24, 2.45) is 0 Å². The molecule has 4 aromatic rings. The van der Waals surface area contributed by atoms with Crippen molar-refractivity contribution in [1.29, 1.82) is 0 Å². The van der Waals surface area contributed by atoms with Crippen LogP contribution >= 0.6 is 0 Å². The van der Waals surface area contributed by atoms with Crippen LogP contribution in [0.1, 0.15) is 64.1 Å². The largest absolute Gasteiger partial charge is 0.441 e. The molecular formula is C26H29N5O2. The van der Waals surface area contributed by atoms with E-state index < -0.39 is 0 Å². The number of rotatable bonds is 7. The van der Waals surface area contributed by atoms with E-state index in [4.69, 9.17) is 4.42 Å². The van der Waals surface area contributed by atoms with E-state index in [1.807, 2.05) is 57.2 Å². The lowest BCUT2D eigenvalue weighted by Crippen LogP contribution is -2.24. The van der Waals surface area contributed by atoms with Crippen molar-refractivity contribution in [2.45, 2.75) is 53.6 Å². The van der Waals surface area contributed by atoms with Gasteiger partial charge in [0.05, 0.1) is 12.2 Å². The average molecular weight is 444 g/mol.